The topological polar surface area (TPSA) is 55.1 Å². The summed E-state index contributed by atoms with van der Waals surface area (Å²) in [7, 11) is 0. The zero-order valence-corrected chi connectivity index (χ0v) is 25.5. The van der Waals surface area contributed by atoms with Crippen LogP contribution in [0.3, 0.4) is 0 Å². The van der Waals surface area contributed by atoms with Crippen molar-refractivity contribution >= 4 is 40.2 Å². The van der Waals surface area contributed by atoms with E-state index >= 15 is 0 Å². The molecule has 0 saturated heterocycles. The molecule has 0 unspecified atom stereocenters. The molecule has 6 heteroatoms. The van der Waals surface area contributed by atoms with Crippen molar-refractivity contribution < 1.29 is 9.90 Å². The predicted octanol–water partition coefficient (Wildman–Crippen LogP) is 10.0. The van der Waals surface area contributed by atoms with Crippen LogP contribution in [-0.4, -0.2) is 20.6 Å². The molecule has 7 rings (SSSR count). The van der Waals surface area contributed by atoms with E-state index in [1.54, 1.807) is 12.1 Å². The lowest BCUT2D eigenvalue weighted by molar-refractivity contribution is 0.0697. The summed E-state index contributed by atoms with van der Waals surface area (Å²) < 4.78 is 2.43. The number of aryl methyl sites for hydroxylation is 2. The molecule has 0 amide bonds. The highest BCUT2D eigenvalue weighted by Crippen LogP contribution is 2.42. The van der Waals surface area contributed by atoms with Crippen molar-refractivity contribution in [1.82, 2.24) is 9.55 Å². The third kappa shape index (κ3) is 5.88. The average Bonchev–Trinajstić information content (AvgIpc) is 3.83. The van der Waals surface area contributed by atoms with E-state index in [1.807, 2.05) is 36.4 Å². The summed E-state index contributed by atoms with van der Waals surface area (Å²) in [5.74, 6) is 0.813. The third-order valence-corrected chi connectivity index (χ3v) is 9.03. The highest BCUT2D eigenvalue weighted by Gasteiger charge is 2.30. The summed E-state index contributed by atoms with van der Waals surface area (Å²) in [6.45, 7) is 0.838. The van der Waals surface area contributed by atoms with Crippen LogP contribution in [0.1, 0.15) is 63.1 Å². The molecule has 1 aliphatic carbocycles. The Hall–Kier alpha value is -4.38. The number of aromatic carboxylic acids is 1. The minimum atomic E-state index is -0.915. The van der Waals surface area contributed by atoms with Crippen molar-refractivity contribution in [2.75, 3.05) is 0 Å². The van der Waals surface area contributed by atoms with Crippen LogP contribution in [0.25, 0.3) is 22.2 Å². The zero-order chi connectivity index (χ0) is 30.2. The Morgan fingerprint density at radius 3 is 1.84 bits per heavy atom. The number of carboxylic acid groups (broad SMARTS) is 1. The Morgan fingerprint density at radius 1 is 0.750 bits per heavy atom. The molecule has 5 aromatic carbocycles. The summed E-state index contributed by atoms with van der Waals surface area (Å²) in [6, 6.07) is 38.4. The molecule has 0 radical (unpaired) electrons. The number of rotatable bonds is 9. The van der Waals surface area contributed by atoms with Crippen LogP contribution in [0.15, 0.2) is 115 Å². The number of nitrogens with zero attached hydrogens (tertiary/aromatic N) is 2. The van der Waals surface area contributed by atoms with E-state index in [1.165, 1.54) is 40.9 Å². The van der Waals surface area contributed by atoms with E-state index in [-0.39, 0.29) is 5.92 Å². The van der Waals surface area contributed by atoms with Gasteiger partial charge in [-0.1, -0.05) is 89.9 Å². The zero-order valence-electron chi connectivity index (χ0n) is 24.0. The fourth-order valence-electron chi connectivity index (χ4n) is 6.02. The molecule has 218 valence electrons. The molecule has 1 aliphatic rings. The monoisotopic (exact) mass is 616 g/mol. The fraction of sp³-hybridized carbons (Fsp3) is 0.158. The number of halogens is 2. The van der Waals surface area contributed by atoms with Crippen molar-refractivity contribution in [2.45, 2.75) is 37.6 Å². The lowest BCUT2D eigenvalue weighted by Crippen LogP contribution is -2.07. The van der Waals surface area contributed by atoms with Crippen molar-refractivity contribution in [3.05, 3.63) is 159 Å². The molecule has 44 heavy (non-hydrogen) atoms. The molecular weight excluding hydrogens is 587 g/mol. The van der Waals surface area contributed by atoms with Gasteiger partial charge in [-0.15, -0.1) is 0 Å². The minimum absolute atomic E-state index is 0.0266. The van der Waals surface area contributed by atoms with Gasteiger partial charge in [0, 0.05) is 28.4 Å². The second kappa shape index (κ2) is 12.0. The van der Waals surface area contributed by atoms with Crippen molar-refractivity contribution in [3.8, 4) is 11.1 Å². The number of hydrogen-bond donors (Lipinski definition) is 1. The number of aromatic nitrogens is 2. The summed E-state index contributed by atoms with van der Waals surface area (Å²) in [6.07, 6.45) is 3.25. The van der Waals surface area contributed by atoms with E-state index in [2.05, 4.69) is 71.3 Å². The van der Waals surface area contributed by atoms with Gasteiger partial charge < -0.3 is 9.67 Å². The van der Waals surface area contributed by atoms with Crippen LogP contribution in [0.5, 0.6) is 0 Å². The van der Waals surface area contributed by atoms with Crippen molar-refractivity contribution in [3.63, 3.8) is 0 Å². The van der Waals surface area contributed by atoms with E-state index in [0.717, 1.165) is 45.2 Å². The molecule has 1 aromatic heterocycles. The second-order valence-electron chi connectivity index (χ2n) is 11.5. The van der Waals surface area contributed by atoms with Gasteiger partial charge in [-0.3, -0.25) is 0 Å². The number of fused-ring (bicyclic) bond motifs is 1. The number of benzene rings is 5. The minimum Gasteiger partial charge on any atom is -0.478 e. The van der Waals surface area contributed by atoms with Gasteiger partial charge in [-0.25, -0.2) is 9.78 Å². The third-order valence-electron chi connectivity index (χ3n) is 8.53. The van der Waals surface area contributed by atoms with Crippen LogP contribution >= 0.6 is 23.2 Å². The van der Waals surface area contributed by atoms with Crippen LogP contribution in [-0.2, 0) is 13.0 Å². The number of imidazole rings is 1. The summed E-state index contributed by atoms with van der Waals surface area (Å²) >= 11 is 12.5. The van der Waals surface area contributed by atoms with Crippen LogP contribution < -0.4 is 0 Å². The summed E-state index contributed by atoms with van der Waals surface area (Å²) in [5.41, 5.74) is 9.33. The van der Waals surface area contributed by atoms with Crippen molar-refractivity contribution in [1.29, 1.82) is 0 Å². The van der Waals surface area contributed by atoms with Gasteiger partial charge in [-0.2, -0.15) is 0 Å². The molecule has 1 saturated carbocycles. The highest BCUT2D eigenvalue weighted by atomic mass is 35.5. The molecule has 0 spiro atoms. The maximum Gasteiger partial charge on any atom is 0.335 e. The van der Waals surface area contributed by atoms with E-state index in [0.29, 0.717) is 11.5 Å². The summed E-state index contributed by atoms with van der Waals surface area (Å²) in [5, 5.41) is 10.6. The molecular formula is C38H30Cl2N2O2. The highest BCUT2D eigenvalue weighted by molar-refractivity contribution is 6.30. The molecule has 0 bridgehead atoms. The van der Waals surface area contributed by atoms with Crippen LogP contribution in [0.2, 0.25) is 10.0 Å². The Morgan fingerprint density at radius 2 is 1.30 bits per heavy atom. The van der Waals surface area contributed by atoms with Gasteiger partial charge in [0.1, 0.15) is 5.82 Å². The Balaban J connectivity index is 1.20. The summed E-state index contributed by atoms with van der Waals surface area (Å²) in [4.78, 5) is 16.3. The maximum atomic E-state index is 11.2. The number of carbonyl (C=O) groups is 1. The van der Waals surface area contributed by atoms with Crippen LogP contribution in [0, 0.1) is 0 Å². The molecule has 6 aromatic rings. The van der Waals surface area contributed by atoms with Crippen molar-refractivity contribution in [2.24, 2.45) is 0 Å². The fourth-order valence-corrected chi connectivity index (χ4v) is 6.28. The Bertz CT molecular complexity index is 1900. The number of carboxylic acids is 1. The first kappa shape index (κ1) is 28.4. The van der Waals surface area contributed by atoms with E-state index < -0.39 is 5.97 Å². The molecule has 1 N–H and O–H groups in total. The molecule has 0 aliphatic heterocycles. The Kier molecular flexibility index (Phi) is 7.71. The first-order valence-electron chi connectivity index (χ1n) is 14.9. The lowest BCUT2D eigenvalue weighted by Gasteiger charge is -2.20. The first-order valence-corrected chi connectivity index (χ1v) is 15.6. The lowest BCUT2D eigenvalue weighted by atomic mass is 9.85. The molecule has 4 nitrogen and oxygen atoms in total. The number of hydrogen-bond acceptors (Lipinski definition) is 2. The standard InChI is InChI=1S/C38H30Cl2N2O2/c39-32-16-11-27(12-17-32)36(28-13-18-33(40)19-14-28)31-15-20-34-35(23-31)42(37(41-34)29-7-8-29)22-21-24-1-3-25(4-2-24)26-5-9-30(10-6-26)38(43)44/h1-6,9-20,23,29,36H,7-8,21-22H2,(H,43,44). The molecule has 0 atom stereocenters. The van der Waals surface area contributed by atoms with Gasteiger partial charge >= 0.3 is 5.97 Å². The van der Waals surface area contributed by atoms with Gasteiger partial charge in [0.05, 0.1) is 16.6 Å². The SMILES string of the molecule is O=C(O)c1ccc(-c2ccc(CCn3c(C4CC4)nc4ccc(C(c5ccc(Cl)cc5)c5ccc(Cl)cc5)cc43)cc2)cc1. The largest absolute Gasteiger partial charge is 0.478 e. The Labute approximate surface area is 266 Å². The normalized spacial score (nSPS) is 13.1. The average molecular weight is 618 g/mol. The van der Waals surface area contributed by atoms with Crippen LogP contribution in [0.4, 0.5) is 0 Å². The predicted molar refractivity (Wildman–Crippen MR) is 178 cm³/mol. The van der Waals surface area contributed by atoms with Gasteiger partial charge in [0.25, 0.3) is 0 Å². The maximum absolute atomic E-state index is 11.2. The first-order chi connectivity index (χ1) is 21.4. The second-order valence-corrected chi connectivity index (χ2v) is 12.4. The molecule has 1 heterocycles. The van der Waals surface area contributed by atoms with Gasteiger partial charge in [0.15, 0.2) is 0 Å². The van der Waals surface area contributed by atoms with E-state index in [9.17, 15) is 9.90 Å². The van der Waals surface area contributed by atoms with Gasteiger partial charge in [0.2, 0.25) is 0 Å². The van der Waals surface area contributed by atoms with Gasteiger partial charge in [-0.05, 0) is 101 Å². The molecule has 1 fully saturated rings. The van der Waals surface area contributed by atoms with E-state index in [4.69, 9.17) is 28.2 Å². The quantitative estimate of drug-likeness (QED) is 0.164. The smallest absolute Gasteiger partial charge is 0.335 e.